The third kappa shape index (κ3) is 6.04. The smallest absolute Gasteiger partial charge is 0.185 e. The highest BCUT2D eigenvalue weighted by molar-refractivity contribution is 7.98. The van der Waals surface area contributed by atoms with E-state index in [9.17, 15) is 8.42 Å². The summed E-state index contributed by atoms with van der Waals surface area (Å²) in [6.45, 7) is 2.60. The van der Waals surface area contributed by atoms with Gasteiger partial charge in [0, 0.05) is 6.54 Å². The van der Waals surface area contributed by atoms with Gasteiger partial charge in [-0.15, -0.1) is 0 Å². The predicted molar refractivity (Wildman–Crippen MR) is 94.2 cm³/mol. The molecule has 0 atom stereocenters. The molecule has 0 bridgehead atoms. The molecule has 1 aromatic rings. The number of thioether (sulfide) groups is 1. The molecule has 8 heteroatoms. The summed E-state index contributed by atoms with van der Waals surface area (Å²) in [6, 6.07) is 0. The molecule has 0 saturated carbocycles. The third-order valence-corrected chi connectivity index (χ3v) is 6.64. The second-order valence-corrected chi connectivity index (χ2v) is 8.68. The van der Waals surface area contributed by atoms with Gasteiger partial charge in [0.25, 0.3) is 0 Å². The number of nitrogen functional groups attached to an aromatic ring is 1. The molecule has 1 rings (SSSR count). The Hall–Kier alpha value is -0.470. The quantitative estimate of drug-likeness (QED) is 0.595. The van der Waals surface area contributed by atoms with E-state index in [1.54, 1.807) is 0 Å². The van der Waals surface area contributed by atoms with Crippen LogP contribution in [-0.2, 0) is 9.84 Å². The number of sulfone groups is 1. The second kappa shape index (κ2) is 9.53. The number of nitrogens with zero attached hydrogens (tertiary/aromatic N) is 1. The summed E-state index contributed by atoms with van der Waals surface area (Å²) >= 11 is 3.00. The Kier molecular flexibility index (Phi) is 8.43. The number of aromatic nitrogens is 1. The minimum atomic E-state index is -3.33. The number of nitrogens with two attached hydrogens (primary N) is 1. The zero-order valence-electron chi connectivity index (χ0n) is 12.7. The van der Waals surface area contributed by atoms with Crippen LogP contribution in [0.2, 0.25) is 0 Å². The molecule has 5 nitrogen and oxygen atoms in total. The number of nitrogens with one attached hydrogen (secondary N) is 1. The summed E-state index contributed by atoms with van der Waals surface area (Å²) < 4.78 is 28.4. The molecule has 0 fully saturated rings. The Balaban J connectivity index is 2.50. The lowest BCUT2D eigenvalue weighted by Gasteiger charge is -2.07. The van der Waals surface area contributed by atoms with Gasteiger partial charge < -0.3 is 11.1 Å². The van der Waals surface area contributed by atoms with E-state index in [1.165, 1.54) is 18.6 Å². The predicted octanol–water partition coefficient (Wildman–Crippen LogP) is 3.24. The standard InChI is InChI=1S/C13H25N3O2S3/c1-3-10-21(17,18)11-12(14)16-20-13(11)15-8-6-4-5-7-9-19-2/h15H,3-10H2,1-2H3,(H2,14,16). The summed E-state index contributed by atoms with van der Waals surface area (Å²) in [6.07, 6.45) is 7.33. The number of hydrogen-bond acceptors (Lipinski definition) is 7. The highest BCUT2D eigenvalue weighted by atomic mass is 32.2. The first-order valence-electron chi connectivity index (χ1n) is 7.23. The Morgan fingerprint density at radius 1 is 1.29 bits per heavy atom. The van der Waals surface area contributed by atoms with Gasteiger partial charge in [-0.05, 0) is 42.8 Å². The average molecular weight is 352 g/mol. The maximum absolute atomic E-state index is 12.2. The van der Waals surface area contributed by atoms with Crippen LogP contribution in [0.5, 0.6) is 0 Å². The molecule has 3 N–H and O–H groups in total. The largest absolute Gasteiger partial charge is 0.382 e. The molecule has 0 aromatic carbocycles. The van der Waals surface area contributed by atoms with Gasteiger partial charge in [-0.1, -0.05) is 19.8 Å². The molecule has 122 valence electrons. The molecule has 1 aromatic heterocycles. The van der Waals surface area contributed by atoms with E-state index in [4.69, 9.17) is 5.73 Å². The van der Waals surface area contributed by atoms with E-state index < -0.39 is 9.84 Å². The van der Waals surface area contributed by atoms with E-state index in [-0.39, 0.29) is 16.5 Å². The van der Waals surface area contributed by atoms with Crippen molar-refractivity contribution in [3.05, 3.63) is 0 Å². The van der Waals surface area contributed by atoms with Crippen molar-refractivity contribution in [2.75, 3.05) is 35.4 Å². The van der Waals surface area contributed by atoms with Crippen LogP contribution in [0.1, 0.15) is 39.0 Å². The summed E-state index contributed by atoms with van der Waals surface area (Å²) in [5.41, 5.74) is 5.72. The Morgan fingerprint density at radius 3 is 2.67 bits per heavy atom. The number of anilines is 2. The van der Waals surface area contributed by atoms with Gasteiger partial charge in [-0.3, -0.25) is 0 Å². The number of hydrogen-bond donors (Lipinski definition) is 2. The highest BCUT2D eigenvalue weighted by Crippen LogP contribution is 2.32. The van der Waals surface area contributed by atoms with E-state index in [0.29, 0.717) is 11.4 Å². The SMILES string of the molecule is CCCS(=O)(=O)c1c(N)nsc1NCCCCCCSC. The van der Waals surface area contributed by atoms with Gasteiger partial charge in [-0.2, -0.15) is 16.1 Å². The molecule has 0 spiro atoms. The van der Waals surface area contributed by atoms with E-state index in [0.717, 1.165) is 30.9 Å². The first kappa shape index (κ1) is 18.6. The van der Waals surface area contributed by atoms with Crippen molar-refractivity contribution in [3.8, 4) is 0 Å². The molecule has 21 heavy (non-hydrogen) atoms. The van der Waals surface area contributed by atoms with Crippen LogP contribution >= 0.6 is 23.3 Å². The number of rotatable bonds is 11. The summed E-state index contributed by atoms with van der Waals surface area (Å²) in [7, 11) is -3.33. The van der Waals surface area contributed by atoms with Gasteiger partial charge in [0.05, 0.1) is 5.75 Å². The topological polar surface area (TPSA) is 85.1 Å². The lowest BCUT2D eigenvalue weighted by atomic mass is 10.2. The highest BCUT2D eigenvalue weighted by Gasteiger charge is 2.24. The summed E-state index contributed by atoms with van der Waals surface area (Å²) in [5, 5.41) is 3.77. The zero-order valence-corrected chi connectivity index (χ0v) is 15.2. The zero-order chi connectivity index (χ0) is 15.7. The minimum absolute atomic E-state index is 0.110. The second-order valence-electron chi connectivity index (χ2n) is 4.88. The molecule has 0 aliphatic carbocycles. The van der Waals surface area contributed by atoms with Crippen molar-refractivity contribution in [1.29, 1.82) is 0 Å². The number of unbranched alkanes of at least 4 members (excludes halogenated alkanes) is 3. The molecule has 0 aliphatic rings. The lowest BCUT2D eigenvalue weighted by molar-refractivity contribution is 0.595. The van der Waals surface area contributed by atoms with Crippen molar-refractivity contribution in [2.24, 2.45) is 0 Å². The van der Waals surface area contributed by atoms with Crippen LogP contribution in [0.4, 0.5) is 10.8 Å². The van der Waals surface area contributed by atoms with E-state index >= 15 is 0 Å². The normalized spacial score (nSPS) is 11.7. The molecule has 0 radical (unpaired) electrons. The van der Waals surface area contributed by atoms with Crippen molar-refractivity contribution < 1.29 is 8.42 Å². The Bertz CT molecular complexity index is 515. The first-order valence-corrected chi connectivity index (χ1v) is 11.1. The fourth-order valence-electron chi connectivity index (χ4n) is 2.00. The van der Waals surface area contributed by atoms with Crippen molar-refractivity contribution in [2.45, 2.75) is 43.9 Å². The molecular formula is C13H25N3O2S3. The lowest BCUT2D eigenvalue weighted by Crippen LogP contribution is -2.11. The third-order valence-electron chi connectivity index (χ3n) is 3.02. The molecule has 1 heterocycles. The molecule has 0 amide bonds. The first-order chi connectivity index (χ1) is 10.0. The Labute approximate surface area is 136 Å². The van der Waals surface area contributed by atoms with Gasteiger partial charge in [0.15, 0.2) is 15.7 Å². The van der Waals surface area contributed by atoms with E-state index in [1.807, 2.05) is 18.7 Å². The average Bonchev–Trinajstić information content (AvgIpc) is 2.79. The summed E-state index contributed by atoms with van der Waals surface area (Å²) in [4.78, 5) is 0.191. The van der Waals surface area contributed by atoms with Crippen LogP contribution < -0.4 is 11.1 Å². The molecule has 0 aliphatic heterocycles. The van der Waals surface area contributed by atoms with Crippen molar-refractivity contribution in [1.82, 2.24) is 4.37 Å². The van der Waals surface area contributed by atoms with Crippen LogP contribution in [0.15, 0.2) is 4.90 Å². The Morgan fingerprint density at radius 2 is 2.00 bits per heavy atom. The van der Waals surface area contributed by atoms with Crippen molar-refractivity contribution >= 4 is 44.0 Å². The van der Waals surface area contributed by atoms with Gasteiger partial charge in [0.1, 0.15) is 9.90 Å². The maximum Gasteiger partial charge on any atom is 0.185 e. The van der Waals surface area contributed by atoms with Crippen LogP contribution in [0.25, 0.3) is 0 Å². The van der Waals surface area contributed by atoms with Crippen LogP contribution in [0, 0.1) is 0 Å². The molecule has 0 unspecified atom stereocenters. The molecular weight excluding hydrogens is 326 g/mol. The van der Waals surface area contributed by atoms with Crippen molar-refractivity contribution in [3.63, 3.8) is 0 Å². The van der Waals surface area contributed by atoms with E-state index in [2.05, 4.69) is 15.9 Å². The van der Waals surface area contributed by atoms with Crippen LogP contribution in [0.3, 0.4) is 0 Å². The van der Waals surface area contributed by atoms with Gasteiger partial charge >= 0.3 is 0 Å². The summed E-state index contributed by atoms with van der Waals surface area (Å²) in [5.74, 6) is 1.44. The van der Waals surface area contributed by atoms with Gasteiger partial charge in [-0.25, -0.2) is 8.42 Å². The van der Waals surface area contributed by atoms with Gasteiger partial charge in [0.2, 0.25) is 0 Å². The molecule has 0 saturated heterocycles. The fraction of sp³-hybridized carbons (Fsp3) is 0.769. The maximum atomic E-state index is 12.2. The minimum Gasteiger partial charge on any atom is -0.382 e. The van der Waals surface area contributed by atoms with Crippen LogP contribution in [-0.4, -0.2) is 37.1 Å². The fourth-order valence-corrected chi connectivity index (χ4v) is 5.14. The monoisotopic (exact) mass is 351 g/mol.